The van der Waals surface area contributed by atoms with Crippen molar-refractivity contribution >= 4 is 12.4 Å². The Labute approximate surface area is 88.0 Å². The molecule has 0 spiro atoms. The van der Waals surface area contributed by atoms with Crippen LogP contribution in [0.1, 0.15) is 18.0 Å². The summed E-state index contributed by atoms with van der Waals surface area (Å²) in [5, 5.41) is 26.7. The van der Waals surface area contributed by atoms with Gasteiger partial charge in [0.15, 0.2) is 0 Å². The molecule has 4 nitrogen and oxygen atoms in total. The van der Waals surface area contributed by atoms with Crippen LogP contribution in [0.15, 0.2) is 18.2 Å². The highest BCUT2D eigenvalue weighted by Gasteiger charge is 2.10. The van der Waals surface area contributed by atoms with E-state index < -0.39 is 6.04 Å². The van der Waals surface area contributed by atoms with Gasteiger partial charge in [-0.05, 0) is 6.07 Å². The largest absolute Gasteiger partial charge is 0.508 e. The summed E-state index contributed by atoms with van der Waals surface area (Å²) >= 11 is 0. The Kier molecular flexibility index (Phi) is 4.78. The Morgan fingerprint density at radius 3 is 2.57 bits per heavy atom. The molecule has 0 aliphatic rings. The molecule has 4 N–H and O–H groups in total. The third kappa shape index (κ3) is 2.80. The van der Waals surface area contributed by atoms with Crippen LogP contribution >= 0.6 is 12.4 Å². The maximum Gasteiger partial charge on any atom is 0.124 e. The maximum atomic E-state index is 9.34. The van der Waals surface area contributed by atoms with E-state index in [4.69, 9.17) is 16.1 Å². The van der Waals surface area contributed by atoms with Crippen LogP contribution in [0.4, 0.5) is 0 Å². The molecule has 0 fully saturated rings. The molecule has 14 heavy (non-hydrogen) atoms. The molecular weight excluding hydrogens is 204 g/mol. The van der Waals surface area contributed by atoms with Crippen molar-refractivity contribution < 1.29 is 10.2 Å². The molecule has 5 heteroatoms. The van der Waals surface area contributed by atoms with Gasteiger partial charge in [0.25, 0.3) is 0 Å². The van der Waals surface area contributed by atoms with Crippen molar-refractivity contribution in [1.82, 2.24) is 0 Å². The first-order valence-electron chi connectivity index (χ1n) is 3.79. The molecular formula is C9H11ClN2O2. The molecule has 76 valence electrons. The number of halogens is 1. The second kappa shape index (κ2) is 5.32. The summed E-state index contributed by atoms with van der Waals surface area (Å²) in [6.07, 6.45) is 0.137. The molecule has 0 aromatic heterocycles. The van der Waals surface area contributed by atoms with Gasteiger partial charge < -0.3 is 15.9 Å². The molecule has 0 saturated carbocycles. The Morgan fingerprint density at radius 2 is 2.07 bits per heavy atom. The first-order chi connectivity index (χ1) is 6.15. The van der Waals surface area contributed by atoms with Crippen molar-refractivity contribution in [3.05, 3.63) is 23.8 Å². The highest BCUT2D eigenvalue weighted by Crippen LogP contribution is 2.27. The van der Waals surface area contributed by atoms with Crippen LogP contribution in [0.5, 0.6) is 11.5 Å². The quantitative estimate of drug-likeness (QED) is 0.695. The Bertz CT molecular complexity index is 349. The lowest BCUT2D eigenvalue weighted by Crippen LogP contribution is -2.09. The number of nitriles is 1. The molecule has 1 atom stereocenters. The van der Waals surface area contributed by atoms with Crippen molar-refractivity contribution in [2.24, 2.45) is 5.73 Å². The Morgan fingerprint density at radius 1 is 1.43 bits per heavy atom. The van der Waals surface area contributed by atoms with Gasteiger partial charge in [0, 0.05) is 17.7 Å². The van der Waals surface area contributed by atoms with Crippen molar-refractivity contribution in [2.75, 3.05) is 0 Å². The monoisotopic (exact) mass is 214 g/mol. The summed E-state index contributed by atoms with van der Waals surface area (Å²) in [7, 11) is 0. The van der Waals surface area contributed by atoms with Gasteiger partial charge in [-0.1, -0.05) is 6.07 Å². The smallest absolute Gasteiger partial charge is 0.124 e. The van der Waals surface area contributed by atoms with Crippen molar-refractivity contribution in [3.63, 3.8) is 0 Å². The standard InChI is InChI=1S/C9H10N2O2.ClH/c10-4-3-8(11)7-2-1-6(12)5-9(7)13;/h1-2,5,8,12-13H,3,11H2;1H/t8-;/m1./s1. The predicted octanol–water partition coefficient (Wildman–Crippen LogP) is 1.43. The molecule has 0 aliphatic heterocycles. The number of phenolic OH excluding ortho intramolecular Hbond substituents is 2. The van der Waals surface area contributed by atoms with Gasteiger partial charge in [0.1, 0.15) is 11.5 Å². The molecule has 0 amide bonds. The molecule has 1 aromatic rings. The molecule has 0 saturated heterocycles. The van der Waals surface area contributed by atoms with Crippen LogP contribution in [0.2, 0.25) is 0 Å². The normalized spacial score (nSPS) is 11.1. The van der Waals surface area contributed by atoms with Gasteiger partial charge >= 0.3 is 0 Å². The fourth-order valence-electron chi connectivity index (χ4n) is 1.05. The predicted molar refractivity (Wildman–Crippen MR) is 54.2 cm³/mol. The minimum absolute atomic E-state index is 0. The summed E-state index contributed by atoms with van der Waals surface area (Å²) in [4.78, 5) is 0. The summed E-state index contributed by atoms with van der Waals surface area (Å²) in [5.74, 6) is -0.104. The summed E-state index contributed by atoms with van der Waals surface area (Å²) < 4.78 is 0. The number of nitrogens with zero attached hydrogens (tertiary/aromatic N) is 1. The van der Waals surface area contributed by atoms with Crippen molar-refractivity contribution in [3.8, 4) is 17.6 Å². The van der Waals surface area contributed by atoms with Gasteiger partial charge in [-0.15, -0.1) is 12.4 Å². The third-order valence-corrected chi connectivity index (χ3v) is 1.72. The number of hydrogen-bond donors (Lipinski definition) is 3. The van der Waals surface area contributed by atoms with E-state index in [0.717, 1.165) is 0 Å². The fourth-order valence-corrected chi connectivity index (χ4v) is 1.05. The maximum absolute atomic E-state index is 9.34. The zero-order chi connectivity index (χ0) is 9.84. The van der Waals surface area contributed by atoms with Gasteiger partial charge in [-0.25, -0.2) is 0 Å². The minimum Gasteiger partial charge on any atom is -0.508 e. The lowest BCUT2D eigenvalue weighted by atomic mass is 10.0. The molecule has 1 aromatic carbocycles. The van der Waals surface area contributed by atoms with E-state index in [1.54, 1.807) is 0 Å². The molecule has 0 radical (unpaired) electrons. The highest BCUT2D eigenvalue weighted by atomic mass is 35.5. The lowest BCUT2D eigenvalue weighted by molar-refractivity contribution is 0.442. The molecule has 0 aliphatic carbocycles. The lowest BCUT2D eigenvalue weighted by Gasteiger charge is -2.09. The number of nitrogens with two attached hydrogens (primary N) is 1. The van der Waals surface area contributed by atoms with E-state index in [9.17, 15) is 5.11 Å². The van der Waals surface area contributed by atoms with Crippen LogP contribution in [-0.4, -0.2) is 10.2 Å². The number of rotatable bonds is 2. The SMILES string of the molecule is Cl.N#CC[C@@H](N)c1ccc(O)cc1O. The number of aromatic hydroxyl groups is 2. The first kappa shape index (κ1) is 12.6. The number of phenols is 2. The van der Waals surface area contributed by atoms with Crippen LogP contribution in [0, 0.1) is 11.3 Å². The average Bonchev–Trinajstić information content (AvgIpc) is 2.04. The van der Waals surface area contributed by atoms with Gasteiger partial charge in [-0.2, -0.15) is 5.26 Å². The molecule has 0 bridgehead atoms. The van der Waals surface area contributed by atoms with Gasteiger partial charge in [0.2, 0.25) is 0 Å². The molecule has 0 unspecified atom stereocenters. The van der Waals surface area contributed by atoms with E-state index in [0.29, 0.717) is 5.56 Å². The summed E-state index contributed by atoms with van der Waals surface area (Å²) in [5.41, 5.74) is 6.06. The number of benzene rings is 1. The highest BCUT2D eigenvalue weighted by molar-refractivity contribution is 5.85. The van der Waals surface area contributed by atoms with Crippen LogP contribution in [0.25, 0.3) is 0 Å². The van der Waals surface area contributed by atoms with E-state index in [2.05, 4.69) is 0 Å². The van der Waals surface area contributed by atoms with Crippen molar-refractivity contribution in [2.45, 2.75) is 12.5 Å². The Hall–Kier alpha value is -1.44. The zero-order valence-electron chi connectivity index (χ0n) is 7.34. The van der Waals surface area contributed by atoms with E-state index >= 15 is 0 Å². The van der Waals surface area contributed by atoms with Gasteiger partial charge in [0.05, 0.1) is 12.5 Å². The second-order valence-corrected chi connectivity index (χ2v) is 2.71. The van der Waals surface area contributed by atoms with E-state index in [1.807, 2.05) is 6.07 Å². The number of hydrogen-bond acceptors (Lipinski definition) is 4. The second-order valence-electron chi connectivity index (χ2n) is 2.71. The third-order valence-electron chi connectivity index (χ3n) is 1.72. The van der Waals surface area contributed by atoms with Gasteiger partial charge in [-0.3, -0.25) is 0 Å². The summed E-state index contributed by atoms with van der Waals surface area (Å²) in [6, 6.07) is 5.53. The summed E-state index contributed by atoms with van der Waals surface area (Å²) in [6.45, 7) is 0. The average molecular weight is 215 g/mol. The zero-order valence-corrected chi connectivity index (χ0v) is 8.16. The molecule has 0 heterocycles. The Balaban J connectivity index is 0.00000169. The fraction of sp³-hybridized carbons (Fsp3) is 0.222. The van der Waals surface area contributed by atoms with E-state index in [-0.39, 0.29) is 30.3 Å². The van der Waals surface area contributed by atoms with Crippen LogP contribution < -0.4 is 5.73 Å². The van der Waals surface area contributed by atoms with Crippen molar-refractivity contribution in [1.29, 1.82) is 5.26 Å². The minimum atomic E-state index is -0.509. The molecule has 1 rings (SSSR count). The first-order valence-corrected chi connectivity index (χ1v) is 3.79. The van der Waals surface area contributed by atoms with Crippen LogP contribution in [0.3, 0.4) is 0 Å². The van der Waals surface area contributed by atoms with E-state index in [1.165, 1.54) is 18.2 Å². The van der Waals surface area contributed by atoms with Crippen LogP contribution in [-0.2, 0) is 0 Å². The topological polar surface area (TPSA) is 90.3 Å².